The Morgan fingerprint density at radius 1 is 0.377 bits per heavy atom. The van der Waals surface area contributed by atoms with Gasteiger partial charge in [0.1, 0.15) is 0 Å². The lowest BCUT2D eigenvalue weighted by Crippen LogP contribution is -1.93. The van der Waals surface area contributed by atoms with Crippen LogP contribution < -0.4 is 0 Å². The summed E-state index contributed by atoms with van der Waals surface area (Å²) in [6.07, 6.45) is 0. The second-order valence-electron chi connectivity index (χ2n) is 13.5. The van der Waals surface area contributed by atoms with Gasteiger partial charge in [0, 0.05) is 30.9 Å². The zero-order valence-corrected chi connectivity index (χ0v) is 30.2. The van der Waals surface area contributed by atoms with E-state index in [1.54, 1.807) is 11.3 Å². The summed E-state index contributed by atoms with van der Waals surface area (Å²) in [5.74, 6) is 0. The summed E-state index contributed by atoms with van der Waals surface area (Å²) in [5.41, 5.74) is 13.2. The van der Waals surface area contributed by atoms with Crippen LogP contribution in [0, 0.1) is 0 Å². The van der Waals surface area contributed by atoms with Crippen LogP contribution in [-0.2, 0) is 0 Å². The molecular formula is C49H30N2S2. The van der Waals surface area contributed by atoms with Gasteiger partial charge < -0.3 is 0 Å². The lowest BCUT2D eigenvalue weighted by atomic mass is 9.98. The summed E-state index contributed by atoms with van der Waals surface area (Å²) in [4.78, 5) is 5.40. The molecule has 0 amide bonds. The number of thiazole rings is 1. The third kappa shape index (κ3) is 4.87. The molecule has 0 N–H and O–H groups in total. The average Bonchev–Trinajstić information content (AvgIpc) is 3.93. The fourth-order valence-corrected chi connectivity index (χ4v) is 10.5. The van der Waals surface area contributed by atoms with E-state index in [9.17, 15) is 0 Å². The van der Waals surface area contributed by atoms with Gasteiger partial charge >= 0.3 is 0 Å². The Morgan fingerprint density at radius 2 is 0.981 bits per heavy atom. The molecule has 0 radical (unpaired) electrons. The van der Waals surface area contributed by atoms with Gasteiger partial charge in [-0.3, -0.25) is 4.57 Å². The molecule has 11 aromatic rings. The highest BCUT2D eigenvalue weighted by Gasteiger charge is 2.21. The first kappa shape index (κ1) is 30.3. The molecule has 0 aliphatic heterocycles. The maximum atomic E-state index is 5.40. The minimum absolute atomic E-state index is 0.981. The van der Waals surface area contributed by atoms with E-state index in [0.29, 0.717) is 0 Å². The highest BCUT2D eigenvalue weighted by atomic mass is 32.1. The van der Waals surface area contributed by atoms with Crippen molar-refractivity contribution in [3.63, 3.8) is 0 Å². The molecule has 11 rings (SSSR count). The molecule has 0 aliphatic rings. The Morgan fingerprint density at radius 3 is 1.74 bits per heavy atom. The Kier molecular flexibility index (Phi) is 6.94. The summed E-state index contributed by atoms with van der Waals surface area (Å²) in [5, 5.41) is 6.05. The molecule has 0 saturated carbocycles. The third-order valence-corrected chi connectivity index (χ3v) is 12.8. The fraction of sp³-hybridized carbons (Fsp3) is 0. The lowest BCUT2D eigenvalue weighted by Gasteiger charge is -2.06. The SMILES string of the molecule is c1ccc(-c2ccc(-c3cccc4c3sc3ccc5nc(-n6c7cc(-c8ccccc8)ccc7c7c(-c8ccccc8)cccc76)sc5c34)cc2)cc1. The van der Waals surface area contributed by atoms with Crippen molar-refractivity contribution in [2.45, 2.75) is 0 Å². The predicted octanol–water partition coefficient (Wildman–Crippen LogP) is 14.4. The second-order valence-corrected chi connectivity index (χ2v) is 15.5. The van der Waals surface area contributed by atoms with Gasteiger partial charge in [-0.25, -0.2) is 4.98 Å². The van der Waals surface area contributed by atoms with Crippen molar-refractivity contribution in [2.24, 2.45) is 0 Å². The van der Waals surface area contributed by atoms with Gasteiger partial charge in [-0.15, -0.1) is 11.3 Å². The first-order chi connectivity index (χ1) is 26.3. The molecule has 0 aliphatic carbocycles. The largest absolute Gasteiger partial charge is 0.285 e. The zero-order valence-electron chi connectivity index (χ0n) is 28.5. The van der Waals surface area contributed by atoms with Gasteiger partial charge in [0.15, 0.2) is 5.13 Å². The van der Waals surface area contributed by atoms with Crippen molar-refractivity contribution in [3.05, 3.63) is 182 Å². The molecule has 8 aromatic carbocycles. The van der Waals surface area contributed by atoms with Crippen LogP contribution in [-0.4, -0.2) is 9.55 Å². The number of fused-ring (bicyclic) bond motifs is 8. The van der Waals surface area contributed by atoms with Gasteiger partial charge in [0.05, 0.1) is 21.3 Å². The van der Waals surface area contributed by atoms with Crippen molar-refractivity contribution in [2.75, 3.05) is 0 Å². The van der Waals surface area contributed by atoms with Crippen LogP contribution in [0.15, 0.2) is 182 Å². The minimum Gasteiger partial charge on any atom is -0.285 e. The fourth-order valence-electron chi connectivity index (χ4n) is 7.99. The van der Waals surface area contributed by atoms with E-state index in [1.807, 2.05) is 11.3 Å². The van der Waals surface area contributed by atoms with E-state index >= 15 is 0 Å². The van der Waals surface area contributed by atoms with Crippen LogP contribution in [0.1, 0.15) is 0 Å². The first-order valence-corrected chi connectivity index (χ1v) is 19.5. The first-order valence-electron chi connectivity index (χ1n) is 17.9. The van der Waals surface area contributed by atoms with E-state index in [1.165, 1.54) is 85.7 Å². The van der Waals surface area contributed by atoms with Crippen molar-refractivity contribution in [1.29, 1.82) is 0 Å². The van der Waals surface area contributed by atoms with Crippen molar-refractivity contribution in [1.82, 2.24) is 9.55 Å². The maximum absolute atomic E-state index is 5.40. The van der Waals surface area contributed by atoms with Gasteiger partial charge in [-0.1, -0.05) is 169 Å². The van der Waals surface area contributed by atoms with E-state index in [0.717, 1.165) is 16.2 Å². The summed E-state index contributed by atoms with van der Waals surface area (Å²) >= 11 is 3.68. The van der Waals surface area contributed by atoms with Crippen LogP contribution >= 0.6 is 22.7 Å². The number of hydrogen-bond donors (Lipinski definition) is 0. The summed E-state index contributed by atoms with van der Waals surface area (Å²) in [7, 11) is 0. The van der Waals surface area contributed by atoms with Crippen LogP contribution in [0.4, 0.5) is 0 Å². The Bertz CT molecular complexity index is 3140. The Labute approximate surface area is 314 Å². The van der Waals surface area contributed by atoms with E-state index in [4.69, 9.17) is 4.98 Å². The molecule has 4 heteroatoms. The molecule has 3 heterocycles. The number of hydrogen-bond acceptors (Lipinski definition) is 3. The molecule has 0 bridgehead atoms. The van der Waals surface area contributed by atoms with Crippen LogP contribution in [0.5, 0.6) is 0 Å². The topological polar surface area (TPSA) is 17.8 Å². The smallest absolute Gasteiger partial charge is 0.195 e. The monoisotopic (exact) mass is 710 g/mol. The molecule has 0 fully saturated rings. The molecule has 0 unspecified atom stereocenters. The predicted molar refractivity (Wildman–Crippen MR) is 229 cm³/mol. The van der Waals surface area contributed by atoms with Crippen LogP contribution in [0.25, 0.3) is 102 Å². The third-order valence-electron chi connectivity index (χ3n) is 10.5. The number of benzene rings is 8. The lowest BCUT2D eigenvalue weighted by molar-refractivity contribution is 1.15. The highest BCUT2D eigenvalue weighted by Crippen LogP contribution is 2.46. The zero-order chi connectivity index (χ0) is 34.9. The van der Waals surface area contributed by atoms with Crippen molar-refractivity contribution in [3.8, 4) is 49.6 Å². The normalized spacial score (nSPS) is 11.8. The van der Waals surface area contributed by atoms with Gasteiger partial charge in [0.2, 0.25) is 0 Å². The van der Waals surface area contributed by atoms with Crippen molar-refractivity contribution >= 4 is 74.9 Å². The van der Waals surface area contributed by atoms with Crippen molar-refractivity contribution < 1.29 is 0 Å². The number of nitrogens with zero attached hydrogens (tertiary/aromatic N) is 2. The van der Waals surface area contributed by atoms with Gasteiger partial charge in [-0.2, -0.15) is 0 Å². The number of aromatic nitrogens is 2. The molecule has 0 atom stereocenters. The van der Waals surface area contributed by atoms with Crippen LogP contribution in [0.3, 0.4) is 0 Å². The van der Waals surface area contributed by atoms with Crippen LogP contribution in [0.2, 0.25) is 0 Å². The molecule has 0 spiro atoms. The van der Waals surface area contributed by atoms with E-state index < -0.39 is 0 Å². The van der Waals surface area contributed by atoms with E-state index in [-0.39, 0.29) is 0 Å². The molecule has 248 valence electrons. The number of thiophene rings is 1. The average molecular weight is 711 g/mol. The number of rotatable bonds is 5. The Balaban J connectivity index is 1.12. The van der Waals surface area contributed by atoms with Gasteiger partial charge in [-0.05, 0) is 68.8 Å². The molecule has 0 saturated heterocycles. The molecule has 2 nitrogen and oxygen atoms in total. The molecular weight excluding hydrogens is 681 g/mol. The standard InChI is InChI=1S/C49H30N2S2/c1-4-12-31(13-5-1)33-22-24-35(25-23-33)38-19-10-20-40-46-44(52-47(38)40)29-28-41-48(46)53-49(50-41)51-42-21-11-18-37(34-16-8-3-9-17-34)45(42)39-27-26-36(30-43(39)51)32-14-6-2-7-15-32/h1-30H. The molecule has 3 aromatic heterocycles. The second kappa shape index (κ2) is 12.1. The Hall–Kier alpha value is -6.33. The van der Waals surface area contributed by atoms with E-state index in [2.05, 4.69) is 187 Å². The minimum atomic E-state index is 0.981. The highest BCUT2D eigenvalue weighted by molar-refractivity contribution is 7.28. The molecule has 53 heavy (non-hydrogen) atoms. The maximum Gasteiger partial charge on any atom is 0.195 e. The quantitative estimate of drug-likeness (QED) is 0.174. The summed E-state index contributed by atoms with van der Waals surface area (Å²) in [6.45, 7) is 0. The summed E-state index contributed by atoms with van der Waals surface area (Å²) < 4.78 is 6.23. The summed E-state index contributed by atoms with van der Waals surface area (Å²) in [6, 6.07) is 65.8. The van der Waals surface area contributed by atoms with Gasteiger partial charge in [0.25, 0.3) is 0 Å².